The molecule has 1 saturated heterocycles. The largest absolute Gasteiger partial charge is 0.492 e. The zero-order chi connectivity index (χ0) is 12.3. The van der Waals surface area contributed by atoms with Crippen LogP contribution in [0.5, 0.6) is 5.75 Å². The van der Waals surface area contributed by atoms with Crippen LogP contribution in [-0.2, 0) is 0 Å². The monoisotopic (exact) mass is 239 g/mol. The molecular weight excluding hydrogens is 225 g/mol. The normalized spacial score (nSPS) is 19.2. The van der Waals surface area contributed by atoms with E-state index >= 15 is 0 Å². The standard InChI is InChI=1S/C12H14FNO3/c13-9-2-1-3-10(11(9)12(15)16)17-7-8-4-5-14-6-8/h1-3,8,14H,4-7H2,(H,15,16). The van der Waals surface area contributed by atoms with Crippen LogP contribution in [0.15, 0.2) is 18.2 Å². The minimum absolute atomic E-state index is 0.101. The Hall–Kier alpha value is -1.62. The third kappa shape index (κ3) is 2.74. The van der Waals surface area contributed by atoms with Crippen LogP contribution in [0.4, 0.5) is 4.39 Å². The zero-order valence-corrected chi connectivity index (χ0v) is 9.28. The second-order valence-electron chi connectivity index (χ2n) is 4.09. The van der Waals surface area contributed by atoms with Gasteiger partial charge in [-0.2, -0.15) is 0 Å². The van der Waals surface area contributed by atoms with E-state index in [9.17, 15) is 9.18 Å². The summed E-state index contributed by atoms with van der Waals surface area (Å²) in [6.07, 6.45) is 0.998. The summed E-state index contributed by atoms with van der Waals surface area (Å²) in [5.74, 6) is -1.61. The van der Waals surface area contributed by atoms with E-state index in [4.69, 9.17) is 9.84 Å². The maximum absolute atomic E-state index is 13.3. The molecule has 1 aliphatic heterocycles. The third-order valence-electron chi connectivity index (χ3n) is 2.83. The number of nitrogens with one attached hydrogen (secondary N) is 1. The molecular formula is C12H14FNO3. The van der Waals surface area contributed by atoms with Crippen LogP contribution in [-0.4, -0.2) is 30.8 Å². The molecule has 92 valence electrons. The van der Waals surface area contributed by atoms with Crippen LogP contribution in [0.3, 0.4) is 0 Å². The van der Waals surface area contributed by atoms with Gasteiger partial charge in [0.15, 0.2) is 0 Å². The first-order valence-electron chi connectivity index (χ1n) is 5.54. The Morgan fingerprint density at radius 2 is 2.41 bits per heavy atom. The summed E-state index contributed by atoms with van der Waals surface area (Å²) >= 11 is 0. The lowest BCUT2D eigenvalue weighted by Crippen LogP contribution is -2.16. The zero-order valence-electron chi connectivity index (χ0n) is 9.28. The molecule has 2 rings (SSSR count). The van der Waals surface area contributed by atoms with Crippen LogP contribution in [0.1, 0.15) is 16.8 Å². The Kier molecular flexibility index (Phi) is 3.58. The van der Waals surface area contributed by atoms with E-state index < -0.39 is 17.3 Å². The molecule has 1 aliphatic rings. The number of carbonyl (C=O) groups is 1. The highest BCUT2D eigenvalue weighted by atomic mass is 19.1. The summed E-state index contributed by atoms with van der Waals surface area (Å²) in [4.78, 5) is 10.9. The number of halogens is 1. The minimum Gasteiger partial charge on any atom is -0.492 e. The first kappa shape index (κ1) is 11.9. The van der Waals surface area contributed by atoms with Crippen LogP contribution < -0.4 is 10.1 Å². The number of carboxylic acid groups (broad SMARTS) is 1. The van der Waals surface area contributed by atoms with Crippen LogP contribution in [0.2, 0.25) is 0 Å². The molecule has 0 bridgehead atoms. The first-order valence-corrected chi connectivity index (χ1v) is 5.54. The van der Waals surface area contributed by atoms with Gasteiger partial charge in [-0.15, -0.1) is 0 Å². The molecule has 1 aromatic rings. The van der Waals surface area contributed by atoms with Gasteiger partial charge in [0.2, 0.25) is 0 Å². The number of ether oxygens (including phenoxy) is 1. The quantitative estimate of drug-likeness (QED) is 0.836. The van der Waals surface area contributed by atoms with E-state index in [1.54, 1.807) is 0 Å². The van der Waals surface area contributed by atoms with Gasteiger partial charge in [-0.3, -0.25) is 0 Å². The molecule has 1 atom stereocenters. The van der Waals surface area contributed by atoms with Crippen molar-refractivity contribution >= 4 is 5.97 Å². The lowest BCUT2D eigenvalue weighted by molar-refractivity contribution is 0.0686. The van der Waals surface area contributed by atoms with Crippen molar-refractivity contribution in [3.63, 3.8) is 0 Å². The molecule has 5 heteroatoms. The van der Waals surface area contributed by atoms with Crippen molar-refractivity contribution in [1.82, 2.24) is 5.32 Å². The predicted molar refractivity (Wildman–Crippen MR) is 59.8 cm³/mol. The van der Waals surface area contributed by atoms with E-state index in [-0.39, 0.29) is 5.75 Å². The Balaban J connectivity index is 2.09. The Morgan fingerprint density at radius 1 is 1.59 bits per heavy atom. The maximum atomic E-state index is 13.3. The van der Waals surface area contributed by atoms with Gasteiger partial charge in [0.05, 0.1) is 6.61 Å². The summed E-state index contributed by atoms with van der Waals surface area (Å²) < 4.78 is 18.7. The summed E-state index contributed by atoms with van der Waals surface area (Å²) in [5.41, 5.74) is -0.390. The molecule has 1 aromatic carbocycles. The SMILES string of the molecule is O=C(O)c1c(F)cccc1OCC1CCNC1. The van der Waals surface area contributed by atoms with Crippen molar-refractivity contribution in [3.8, 4) is 5.75 Å². The number of hydrogen-bond donors (Lipinski definition) is 2. The van der Waals surface area contributed by atoms with Crippen molar-refractivity contribution in [1.29, 1.82) is 0 Å². The van der Waals surface area contributed by atoms with Crippen LogP contribution in [0, 0.1) is 11.7 Å². The van der Waals surface area contributed by atoms with Crippen molar-refractivity contribution < 1.29 is 19.0 Å². The van der Waals surface area contributed by atoms with Gasteiger partial charge in [-0.25, -0.2) is 9.18 Å². The molecule has 0 amide bonds. The van der Waals surface area contributed by atoms with Gasteiger partial charge in [0, 0.05) is 12.5 Å². The molecule has 17 heavy (non-hydrogen) atoms. The van der Waals surface area contributed by atoms with E-state index in [0.717, 1.165) is 25.6 Å². The second kappa shape index (κ2) is 5.14. The molecule has 0 radical (unpaired) electrons. The highest BCUT2D eigenvalue weighted by molar-refractivity contribution is 5.91. The van der Waals surface area contributed by atoms with E-state index in [0.29, 0.717) is 12.5 Å². The van der Waals surface area contributed by atoms with Crippen LogP contribution in [0.25, 0.3) is 0 Å². The lowest BCUT2D eigenvalue weighted by Gasteiger charge is -2.12. The van der Waals surface area contributed by atoms with Gasteiger partial charge < -0.3 is 15.2 Å². The highest BCUT2D eigenvalue weighted by Crippen LogP contribution is 2.22. The number of carboxylic acids is 1. The van der Waals surface area contributed by atoms with Crippen molar-refractivity contribution in [2.45, 2.75) is 6.42 Å². The third-order valence-corrected chi connectivity index (χ3v) is 2.83. The Morgan fingerprint density at radius 3 is 3.06 bits per heavy atom. The minimum atomic E-state index is -1.30. The molecule has 1 unspecified atom stereocenters. The van der Waals surface area contributed by atoms with E-state index in [1.165, 1.54) is 12.1 Å². The molecule has 2 N–H and O–H groups in total. The summed E-state index contributed by atoms with van der Waals surface area (Å²) in [6.45, 7) is 2.22. The Labute approximate surface area is 98.4 Å². The first-order chi connectivity index (χ1) is 8.18. The second-order valence-corrected chi connectivity index (χ2v) is 4.09. The molecule has 0 aromatic heterocycles. The summed E-state index contributed by atoms with van der Waals surface area (Å²) in [5, 5.41) is 12.1. The molecule has 1 heterocycles. The van der Waals surface area contributed by atoms with Crippen molar-refractivity contribution in [2.24, 2.45) is 5.92 Å². The molecule has 0 saturated carbocycles. The topological polar surface area (TPSA) is 58.6 Å². The van der Waals surface area contributed by atoms with Gasteiger partial charge >= 0.3 is 5.97 Å². The van der Waals surface area contributed by atoms with E-state index in [2.05, 4.69) is 5.32 Å². The van der Waals surface area contributed by atoms with Gasteiger partial charge in [-0.1, -0.05) is 6.07 Å². The number of hydrogen-bond acceptors (Lipinski definition) is 3. The maximum Gasteiger partial charge on any atom is 0.342 e. The number of benzene rings is 1. The van der Waals surface area contributed by atoms with Crippen molar-refractivity contribution in [3.05, 3.63) is 29.6 Å². The van der Waals surface area contributed by atoms with Crippen molar-refractivity contribution in [2.75, 3.05) is 19.7 Å². The van der Waals surface area contributed by atoms with Gasteiger partial charge in [0.25, 0.3) is 0 Å². The van der Waals surface area contributed by atoms with Gasteiger partial charge in [0.1, 0.15) is 17.1 Å². The summed E-state index contributed by atoms with van der Waals surface area (Å²) in [6, 6.07) is 4.05. The molecule has 1 fully saturated rings. The Bertz CT molecular complexity index is 416. The molecule has 0 spiro atoms. The van der Waals surface area contributed by atoms with Gasteiger partial charge in [-0.05, 0) is 25.1 Å². The van der Waals surface area contributed by atoms with Crippen LogP contribution >= 0.6 is 0 Å². The number of rotatable bonds is 4. The smallest absolute Gasteiger partial charge is 0.342 e. The lowest BCUT2D eigenvalue weighted by atomic mass is 10.1. The predicted octanol–water partition coefficient (Wildman–Crippen LogP) is 1.51. The number of aromatic carboxylic acids is 1. The average Bonchev–Trinajstić information content (AvgIpc) is 2.78. The molecule has 0 aliphatic carbocycles. The summed E-state index contributed by atoms with van der Waals surface area (Å²) in [7, 11) is 0. The highest BCUT2D eigenvalue weighted by Gasteiger charge is 2.19. The fourth-order valence-electron chi connectivity index (χ4n) is 1.90. The fraction of sp³-hybridized carbons (Fsp3) is 0.417. The fourth-order valence-corrected chi connectivity index (χ4v) is 1.90. The van der Waals surface area contributed by atoms with E-state index in [1.807, 2.05) is 0 Å². The molecule has 4 nitrogen and oxygen atoms in total. The average molecular weight is 239 g/mol.